The lowest BCUT2D eigenvalue weighted by molar-refractivity contribution is -0.272. The van der Waals surface area contributed by atoms with Gasteiger partial charge in [-0.25, -0.2) is 9.18 Å². The first-order valence-corrected chi connectivity index (χ1v) is 10.0. The Morgan fingerprint density at radius 3 is 2.27 bits per heavy atom. The van der Waals surface area contributed by atoms with Crippen molar-refractivity contribution in [2.75, 3.05) is 6.61 Å². The molecule has 0 saturated carbocycles. The number of alkyl halides is 1. The summed E-state index contributed by atoms with van der Waals surface area (Å²) >= 11 is 0. The van der Waals surface area contributed by atoms with Gasteiger partial charge in [0.2, 0.25) is 18.2 Å². The summed E-state index contributed by atoms with van der Waals surface area (Å²) in [6.45, 7) is 4.40. The van der Waals surface area contributed by atoms with Crippen LogP contribution in [0.5, 0.6) is 5.75 Å². The summed E-state index contributed by atoms with van der Waals surface area (Å²) in [6, 6.07) is 6.70. The molecule has 2 heterocycles. The molecule has 11 heteroatoms. The Bertz CT molecular complexity index is 1110. The number of benzene rings is 1. The Hall–Kier alpha value is -3.47. The highest BCUT2D eigenvalue weighted by Gasteiger charge is 2.52. The van der Waals surface area contributed by atoms with E-state index in [2.05, 4.69) is 0 Å². The molecule has 0 unspecified atom stereocenters. The molecule has 3 rings (SSSR count). The third-order valence-electron chi connectivity index (χ3n) is 4.88. The molecule has 0 bridgehead atoms. The minimum absolute atomic E-state index is 0.305. The van der Waals surface area contributed by atoms with Gasteiger partial charge >= 0.3 is 23.5 Å². The SMILES string of the molecule is CC(=O)OC[C@H]1O[C@@H](Oc2c(C)c3ccccc3oc2=O)[C@H](F)[C@@H](OC(C)=O)[C@H]1OC(C)=O. The van der Waals surface area contributed by atoms with Crippen molar-refractivity contribution in [3.05, 3.63) is 40.2 Å². The normalized spacial score (nSPS) is 24.7. The van der Waals surface area contributed by atoms with E-state index < -0.39 is 60.9 Å². The molecule has 1 aliphatic rings. The van der Waals surface area contributed by atoms with E-state index in [1.165, 1.54) is 0 Å². The molecular weight excluding hydrogens is 443 g/mol. The highest BCUT2D eigenvalue weighted by molar-refractivity contribution is 5.81. The zero-order valence-electron chi connectivity index (χ0n) is 18.4. The Morgan fingerprint density at radius 2 is 1.64 bits per heavy atom. The zero-order valence-corrected chi connectivity index (χ0v) is 18.4. The van der Waals surface area contributed by atoms with Crippen LogP contribution in [0.15, 0.2) is 33.5 Å². The van der Waals surface area contributed by atoms with E-state index in [9.17, 15) is 19.2 Å². The number of ether oxygens (including phenoxy) is 5. The Balaban J connectivity index is 1.98. The van der Waals surface area contributed by atoms with Gasteiger partial charge in [0.25, 0.3) is 0 Å². The highest BCUT2D eigenvalue weighted by atomic mass is 19.1. The summed E-state index contributed by atoms with van der Waals surface area (Å²) < 4.78 is 46.9. The van der Waals surface area contributed by atoms with Crippen LogP contribution < -0.4 is 10.4 Å². The molecule has 5 atom stereocenters. The van der Waals surface area contributed by atoms with E-state index in [-0.39, 0.29) is 5.75 Å². The highest BCUT2D eigenvalue weighted by Crippen LogP contribution is 2.32. The van der Waals surface area contributed by atoms with Gasteiger partial charge < -0.3 is 28.1 Å². The first-order chi connectivity index (χ1) is 15.6. The summed E-state index contributed by atoms with van der Waals surface area (Å²) in [4.78, 5) is 47.0. The fraction of sp³-hybridized carbons (Fsp3) is 0.455. The van der Waals surface area contributed by atoms with Crippen molar-refractivity contribution in [1.29, 1.82) is 0 Å². The van der Waals surface area contributed by atoms with Gasteiger partial charge in [-0.3, -0.25) is 14.4 Å². The Morgan fingerprint density at radius 1 is 1.00 bits per heavy atom. The van der Waals surface area contributed by atoms with E-state index in [1.54, 1.807) is 31.2 Å². The second-order valence-corrected chi connectivity index (χ2v) is 7.40. The molecule has 2 aromatic rings. The van der Waals surface area contributed by atoms with Gasteiger partial charge in [-0.05, 0) is 13.0 Å². The second-order valence-electron chi connectivity index (χ2n) is 7.40. The van der Waals surface area contributed by atoms with Gasteiger partial charge in [-0.15, -0.1) is 0 Å². The van der Waals surface area contributed by atoms with Crippen molar-refractivity contribution < 1.29 is 46.9 Å². The van der Waals surface area contributed by atoms with Gasteiger partial charge in [0.05, 0.1) is 0 Å². The van der Waals surface area contributed by atoms with E-state index in [4.69, 9.17) is 28.1 Å². The summed E-state index contributed by atoms with van der Waals surface area (Å²) in [5.74, 6) is -2.63. The van der Waals surface area contributed by atoms with E-state index in [0.29, 0.717) is 16.5 Å². The summed E-state index contributed by atoms with van der Waals surface area (Å²) in [7, 11) is 0. The van der Waals surface area contributed by atoms with Crippen LogP contribution in [-0.2, 0) is 33.3 Å². The van der Waals surface area contributed by atoms with Crippen molar-refractivity contribution in [3.8, 4) is 5.75 Å². The lowest BCUT2D eigenvalue weighted by Gasteiger charge is -2.41. The van der Waals surface area contributed by atoms with Gasteiger partial charge in [0.15, 0.2) is 12.2 Å². The number of hydrogen-bond donors (Lipinski definition) is 0. The van der Waals surface area contributed by atoms with Crippen LogP contribution in [-0.4, -0.2) is 55.3 Å². The summed E-state index contributed by atoms with van der Waals surface area (Å²) in [5, 5.41) is 0.559. The maximum Gasteiger partial charge on any atom is 0.379 e. The molecule has 0 radical (unpaired) electrons. The van der Waals surface area contributed by atoms with Crippen LogP contribution >= 0.6 is 0 Å². The smallest absolute Gasteiger partial charge is 0.379 e. The molecule has 0 amide bonds. The number of hydrogen-bond acceptors (Lipinski definition) is 10. The molecule has 10 nitrogen and oxygen atoms in total. The number of aryl methyl sites for hydroxylation is 1. The van der Waals surface area contributed by atoms with E-state index >= 15 is 4.39 Å². The monoisotopic (exact) mass is 466 g/mol. The first kappa shape index (κ1) is 24.2. The summed E-state index contributed by atoms with van der Waals surface area (Å²) in [6.07, 6.45) is -8.29. The van der Waals surface area contributed by atoms with Gasteiger partial charge in [0.1, 0.15) is 18.3 Å². The minimum Gasteiger partial charge on any atom is -0.463 e. The average Bonchev–Trinajstić information content (AvgIpc) is 2.73. The topological polar surface area (TPSA) is 128 Å². The predicted molar refractivity (Wildman–Crippen MR) is 109 cm³/mol. The standard InChI is InChI=1S/C22H23FO10/c1-10-14-7-5-6-8-15(14)31-21(27)18(10)33-22-17(23)20(30-13(4)26)19(29-12(3)25)16(32-22)9-28-11(2)24/h5-8,16-17,19-20,22H,9H2,1-4H3/t16-,17-,19+,20-,22+/m1/s1. The maximum atomic E-state index is 15.4. The van der Waals surface area contributed by atoms with Gasteiger partial charge in [-0.1, -0.05) is 18.2 Å². The molecule has 0 spiro atoms. The van der Waals surface area contributed by atoms with E-state index in [0.717, 1.165) is 20.8 Å². The maximum absolute atomic E-state index is 15.4. The van der Waals surface area contributed by atoms with Gasteiger partial charge in [0, 0.05) is 31.7 Å². The number of carbonyl (C=O) groups excluding carboxylic acids is 3. The van der Waals surface area contributed by atoms with Crippen LogP contribution in [0.25, 0.3) is 11.0 Å². The van der Waals surface area contributed by atoms with Crippen molar-refractivity contribution in [3.63, 3.8) is 0 Å². The number of rotatable bonds is 6. The molecule has 0 aliphatic carbocycles. The van der Waals surface area contributed by atoms with Crippen LogP contribution in [0, 0.1) is 6.92 Å². The second kappa shape index (κ2) is 9.99. The molecule has 0 N–H and O–H groups in total. The molecule has 1 aliphatic heterocycles. The molecule has 178 valence electrons. The molecule has 33 heavy (non-hydrogen) atoms. The van der Waals surface area contributed by atoms with Crippen LogP contribution in [0.4, 0.5) is 4.39 Å². The Kier molecular flexibility index (Phi) is 7.32. The number of fused-ring (bicyclic) bond motifs is 1. The fourth-order valence-corrected chi connectivity index (χ4v) is 3.50. The molecular formula is C22H23FO10. The molecule has 1 aromatic carbocycles. The number of halogens is 1. The van der Waals surface area contributed by atoms with Crippen molar-refractivity contribution in [1.82, 2.24) is 0 Å². The molecule has 1 fully saturated rings. The van der Waals surface area contributed by atoms with Crippen molar-refractivity contribution in [2.45, 2.75) is 58.5 Å². The van der Waals surface area contributed by atoms with Crippen molar-refractivity contribution in [2.24, 2.45) is 0 Å². The number of carbonyl (C=O) groups is 3. The largest absolute Gasteiger partial charge is 0.463 e. The van der Waals surface area contributed by atoms with Crippen LogP contribution in [0.2, 0.25) is 0 Å². The number of esters is 3. The van der Waals surface area contributed by atoms with Crippen LogP contribution in [0.3, 0.4) is 0 Å². The lowest BCUT2D eigenvalue weighted by atomic mass is 9.99. The zero-order chi connectivity index (χ0) is 24.3. The van der Waals surface area contributed by atoms with Crippen LogP contribution in [0.1, 0.15) is 26.3 Å². The fourth-order valence-electron chi connectivity index (χ4n) is 3.50. The average molecular weight is 466 g/mol. The first-order valence-electron chi connectivity index (χ1n) is 10.0. The third-order valence-corrected chi connectivity index (χ3v) is 4.88. The summed E-state index contributed by atoms with van der Waals surface area (Å²) in [5.41, 5.74) is -0.181. The van der Waals surface area contributed by atoms with Gasteiger partial charge in [-0.2, -0.15) is 0 Å². The predicted octanol–water partition coefficient (Wildman–Crippen LogP) is 1.97. The third kappa shape index (κ3) is 5.48. The minimum atomic E-state index is -2.17. The Labute approximate surface area is 187 Å². The van der Waals surface area contributed by atoms with Crippen molar-refractivity contribution >= 4 is 28.9 Å². The molecule has 1 aromatic heterocycles. The molecule has 1 saturated heterocycles. The lowest BCUT2D eigenvalue weighted by Crippen LogP contribution is -2.61. The number of para-hydroxylation sites is 1. The quantitative estimate of drug-likeness (QED) is 0.354. The van der Waals surface area contributed by atoms with E-state index in [1.807, 2.05) is 0 Å².